The third kappa shape index (κ3) is 1.22. The zero-order valence-electron chi connectivity index (χ0n) is 7.90. The molecule has 1 aliphatic carbocycles. The summed E-state index contributed by atoms with van der Waals surface area (Å²) in [5, 5.41) is 0. The Morgan fingerprint density at radius 1 is 0.929 bits per heavy atom. The first kappa shape index (κ1) is 7.74. The van der Waals surface area contributed by atoms with Crippen molar-refractivity contribution in [2.75, 3.05) is 0 Å². The van der Waals surface area contributed by atoms with E-state index in [0.29, 0.717) is 0 Å². The predicted octanol–water partition coefficient (Wildman–Crippen LogP) is 2.85. The normalized spacial score (nSPS) is 13.1. The number of hydrogen-bond acceptors (Lipinski definition) is 1. The summed E-state index contributed by atoms with van der Waals surface area (Å²) in [7, 11) is 0. The molecule has 3 rings (SSSR count). The second kappa shape index (κ2) is 2.95. The van der Waals surface area contributed by atoms with Crippen LogP contribution in [0, 0.1) is 0 Å². The summed E-state index contributed by atoms with van der Waals surface area (Å²) in [6.45, 7) is 0. The van der Waals surface area contributed by atoms with Crippen molar-refractivity contribution in [2.24, 2.45) is 0 Å². The van der Waals surface area contributed by atoms with Gasteiger partial charge < -0.3 is 0 Å². The molecule has 0 amide bonds. The molecule has 0 aliphatic heterocycles. The highest BCUT2D eigenvalue weighted by Gasteiger charge is 2.10. The molecule has 0 saturated heterocycles. The molecule has 1 heterocycles. The van der Waals surface area contributed by atoms with Crippen molar-refractivity contribution in [1.29, 1.82) is 0 Å². The van der Waals surface area contributed by atoms with Crippen LogP contribution in [0.15, 0.2) is 42.5 Å². The lowest BCUT2D eigenvalue weighted by Gasteiger charge is -2.00. The van der Waals surface area contributed by atoms with Gasteiger partial charge in [0.15, 0.2) is 0 Å². The molecule has 1 aromatic heterocycles. The number of benzene rings is 1. The second-order valence-electron chi connectivity index (χ2n) is 3.72. The highest BCUT2D eigenvalue weighted by Crippen LogP contribution is 2.23. The average molecular weight is 181 g/mol. The monoisotopic (exact) mass is 181 g/mol. The fraction of sp³-hybridized carbons (Fsp3) is 0.154. The van der Waals surface area contributed by atoms with Gasteiger partial charge in [0, 0.05) is 11.3 Å². The van der Waals surface area contributed by atoms with Gasteiger partial charge in [-0.2, -0.15) is 0 Å². The van der Waals surface area contributed by atoms with E-state index in [1.807, 2.05) is 6.07 Å². The van der Waals surface area contributed by atoms with Gasteiger partial charge in [0.1, 0.15) is 0 Å². The summed E-state index contributed by atoms with van der Waals surface area (Å²) in [5.74, 6) is 0. The zero-order valence-corrected chi connectivity index (χ0v) is 7.90. The first-order valence-corrected chi connectivity index (χ1v) is 4.97. The van der Waals surface area contributed by atoms with Crippen LogP contribution in [-0.4, -0.2) is 4.98 Å². The van der Waals surface area contributed by atoms with Crippen LogP contribution in [0.1, 0.15) is 11.3 Å². The molecule has 0 atom stereocenters. The molecule has 0 spiro atoms. The lowest BCUT2D eigenvalue weighted by molar-refractivity contribution is 0.996. The number of aromatic nitrogens is 1. The average Bonchev–Trinajstić information content (AvgIpc) is 2.59. The molecule has 0 fully saturated rings. The lowest BCUT2D eigenvalue weighted by Crippen LogP contribution is -1.85. The highest BCUT2D eigenvalue weighted by molar-refractivity contribution is 5.60. The summed E-state index contributed by atoms with van der Waals surface area (Å²) in [6, 6.07) is 14.8. The van der Waals surface area contributed by atoms with Gasteiger partial charge >= 0.3 is 0 Å². The molecule has 2 bridgehead atoms. The van der Waals surface area contributed by atoms with Crippen molar-refractivity contribution in [1.82, 2.24) is 4.98 Å². The second-order valence-corrected chi connectivity index (χ2v) is 3.72. The van der Waals surface area contributed by atoms with Crippen molar-refractivity contribution in [3.05, 3.63) is 53.7 Å². The van der Waals surface area contributed by atoms with Crippen molar-refractivity contribution >= 4 is 0 Å². The molecule has 1 aromatic carbocycles. The quantitative estimate of drug-likeness (QED) is 0.659. The van der Waals surface area contributed by atoms with Gasteiger partial charge in [0.25, 0.3) is 0 Å². The van der Waals surface area contributed by atoms with E-state index in [1.165, 1.54) is 16.8 Å². The molecule has 0 saturated carbocycles. The van der Waals surface area contributed by atoms with Crippen LogP contribution in [0.5, 0.6) is 0 Å². The van der Waals surface area contributed by atoms with Crippen molar-refractivity contribution < 1.29 is 0 Å². The van der Waals surface area contributed by atoms with E-state index >= 15 is 0 Å². The van der Waals surface area contributed by atoms with Crippen LogP contribution in [0.3, 0.4) is 0 Å². The summed E-state index contributed by atoms with van der Waals surface area (Å²) in [4.78, 5) is 4.61. The Balaban J connectivity index is 2.14. The largest absolute Gasteiger partial charge is 0.253 e. The van der Waals surface area contributed by atoms with Crippen LogP contribution < -0.4 is 0 Å². The fourth-order valence-corrected chi connectivity index (χ4v) is 1.95. The van der Waals surface area contributed by atoms with Crippen LogP contribution >= 0.6 is 0 Å². The standard InChI is InChI=1S/C13H11N/c1-2-4-11(5-3-1)13-9-10-6-7-12(8-10)14-13/h1-5,8-9H,6-7H2. The lowest BCUT2D eigenvalue weighted by atomic mass is 10.1. The predicted molar refractivity (Wildman–Crippen MR) is 57.1 cm³/mol. The Bertz CT molecular complexity index is 438. The topological polar surface area (TPSA) is 12.9 Å². The molecule has 14 heavy (non-hydrogen) atoms. The number of aryl methyl sites for hydroxylation is 2. The first-order chi connectivity index (χ1) is 6.92. The van der Waals surface area contributed by atoms with Crippen LogP contribution in [-0.2, 0) is 12.8 Å². The number of fused-ring (bicyclic) bond motifs is 2. The van der Waals surface area contributed by atoms with Crippen molar-refractivity contribution in [3.63, 3.8) is 0 Å². The Morgan fingerprint density at radius 2 is 1.79 bits per heavy atom. The molecular weight excluding hydrogens is 170 g/mol. The van der Waals surface area contributed by atoms with Crippen molar-refractivity contribution in [3.8, 4) is 11.3 Å². The Labute approximate surface area is 83.4 Å². The maximum absolute atomic E-state index is 4.61. The molecule has 1 nitrogen and oxygen atoms in total. The molecule has 0 unspecified atom stereocenters. The van der Waals surface area contributed by atoms with Gasteiger partial charge in [-0.25, -0.2) is 0 Å². The maximum atomic E-state index is 4.61. The fourth-order valence-electron chi connectivity index (χ4n) is 1.95. The van der Waals surface area contributed by atoms with Gasteiger partial charge in [0.2, 0.25) is 0 Å². The molecule has 0 N–H and O–H groups in total. The Kier molecular flexibility index (Phi) is 1.63. The van der Waals surface area contributed by atoms with Gasteiger partial charge in [-0.05, 0) is 30.5 Å². The minimum absolute atomic E-state index is 1.11. The highest BCUT2D eigenvalue weighted by atomic mass is 14.7. The minimum Gasteiger partial charge on any atom is -0.253 e. The van der Waals surface area contributed by atoms with Gasteiger partial charge in [-0.3, -0.25) is 4.98 Å². The number of hydrogen-bond donors (Lipinski definition) is 0. The Hall–Kier alpha value is -1.63. The molecule has 1 heteroatoms. The summed E-state index contributed by atoms with van der Waals surface area (Å²) in [5.41, 5.74) is 5.00. The van der Waals surface area contributed by atoms with Crippen molar-refractivity contribution in [2.45, 2.75) is 12.8 Å². The number of rotatable bonds is 1. The van der Waals surface area contributed by atoms with E-state index in [-0.39, 0.29) is 0 Å². The van der Waals surface area contributed by atoms with E-state index in [4.69, 9.17) is 0 Å². The number of pyridine rings is 1. The summed E-state index contributed by atoms with van der Waals surface area (Å²) in [6.07, 6.45) is 2.28. The zero-order chi connectivity index (χ0) is 9.38. The molecule has 2 aromatic rings. The summed E-state index contributed by atoms with van der Waals surface area (Å²) >= 11 is 0. The molecule has 68 valence electrons. The van der Waals surface area contributed by atoms with Crippen LogP contribution in [0.25, 0.3) is 11.3 Å². The van der Waals surface area contributed by atoms with Crippen LogP contribution in [0.4, 0.5) is 0 Å². The van der Waals surface area contributed by atoms with E-state index in [2.05, 4.69) is 41.4 Å². The third-order valence-electron chi connectivity index (χ3n) is 2.68. The SMILES string of the molecule is c1ccc(-c2cc3cc(n2)CC3)cc1. The van der Waals surface area contributed by atoms with Gasteiger partial charge in [-0.15, -0.1) is 0 Å². The van der Waals surface area contributed by atoms with Gasteiger partial charge in [0.05, 0.1) is 5.69 Å². The smallest absolute Gasteiger partial charge is 0.0708 e. The van der Waals surface area contributed by atoms with Gasteiger partial charge in [-0.1, -0.05) is 30.3 Å². The van der Waals surface area contributed by atoms with E-state index < -0.39 is 0 Å². The maximum Gasteiger partial charge on any atom is 0.0708 e. The van der Waals surface area contributed by atoms with E-state index in [9.17, 15) is 0 Å². The van der Waals surface area contributed by atoms with E-state index in [0.717, 1.165) is 18.5 Å². The Morgan fingerprint density at radius 3 is 2.57 bits per heavy atom. The molecular formula is C13H11N. The first-order valence-electron chi connectivity index (χ1n) is 4.97. The number of nitrogens with zero attached hydrogens (tertiary/aromatic N) is 1. The third-order valence-corrected chi connectivity index (χ3v) is 2.68. The minimum atomic E-state index is 1.11. The molecule has 0 radical (unpaired) electrons. The molecule has 1 aliphatic rings. The van der Waals surface area contributed by atoms with Crippen LogP contribution in [0.2, 0.25) is 0 Å². The summed E-state index contributed by atoms with van der Waals surface area (Å²) < 4.78 is 0. The van der Waals surface area contributed by atoms with E-state index in [1.54, 1.807) is 0 Å².